The Kier molecular flexibility index (Phi) is 8.08. The molecule has 0 atom stereocenters. The molecule has 2 aromatic carbocycles. The molecular formula is C24H32FN3O2. The second-order valence-corrected chi connectivity index (χ2v) is 8.23. The van der Waals surface area contributed by atoms with Gasteiger partial charge < -0.3 is 20.3 Å². The predicted octanol–water partition coefficient (Wildman–Crippen LogP) is 5.00. The van der Waals surface area contributed by atoms with Crippen LogP contribution in [-0.4, -0.2) is 44.2 Å². The van der Waals surface area contributed by atoms with Crippen LogP contribution in [-0.2, 0) is 0 Å². The smallest absolute Gasteiger partial charge is 0.319 e. The van der Waals surface area contributed by atoms with E-state index < -0.39 is 0 Å². The third-order valence-corrected chi connectivity index (χ3v) is 5.53. The van der Waals surface area contributed by atoms with Crippen molar-refractivity contribution < 1.29 is 13.9 Å². The third kappa shape index (κ3) is 7.02. The highest BCUT2D eigenvalue weighted by molar-refractivity contribution is 5.89. The molecule has 0 bridgehead atoms. The fourth-order valence-electron chi connectivity index (χ4n) is 3.86. The maximum atomic E-state index is 13.0. The van der Waals surface area contributed by atoms with Gasteiger partial charge in [0.2, 0.25) is 0 Å². The second kappa shape index (κ2) is 11.0. The predicted molar refractivity (Wildman–Crippen MR) is 119 cm³/mol. The highest BCUT2D eigenvalue weighted by Gasteiger charge is 2.23. The van der Waals surface area contributed by atoms with Crippen LogP contribution in [0.1, 0.15) is 43.6 Å². The van der Waals surface area contributed by atoms with Crippen LogP contribution in [0.3, 0.4) is 0 Å². The van der Waals surface area contributed by atoms with E-state index in [1.54, 1.807) is 12.1 Å². The normalized spacial score (nSPS) is 18.8. The molecule has 0 unspecified atom stereocenters. The Balaban J connectivity index is 1.39. The first-order chi connectivity index (χ1) is 14.5. The number of ether oxygens (including phenoxy) is 1. The Morgan fingerprint density at radius 2 is 1.70 bits per heavy atom. The fourth-order valence-corrected chi connectivity index (χ4v) is 3.86. The largest absolute Gasteiger partial charge is 0.494 e. The summed E-state index contributed by atoms with van der Waals surface area (Å²) in [7, 11) is 4.13. The summed E-state index contributed by atoms with van der Waals surface area (Å²) in [5.41, 5.74) is 1.93. The molecule has 2 amide bonds. The van der Waals surface area contributed by atoms with Gasteiger partial charge in [0.05, 0.1) is 6.61 Å². The molecule has 0 radical (unpaired) electrons. The summed E-state index contributed by atoms with van der Waals surface area (Å²) in [6.45, 7) is 1.76. The number of anilines is 1. The van der Waals surface area contributed by atoms with Gasteiger partial charge in [-0.2, -0.15) is 0 Å². The molecule has 2 aromatic rings. The minimum absolute atomic E-state index is 0.168. The van der Waals surface area contributed by atoms with Crippen LogP contribution in [0.15, 0.2) is 48.5 Å². The molecule has 1 aliphatic carbocycles. The second-order valence-electron chi connectivity index (χ2n) is 8.23. The molecule has 0 aliphatic heterocycles. The van der Waals surface area contributed by atoms with E-state index in [9.17, 15) is 9.18 Å². The van der Waals surface area contributed by atoms with Gasteiger partial charge in [0.1, 0.15) is 11.6 Å². The molecule has 1 saturated carbocycles. The van der Waals surface area contributed by atoms with Crippen molar-refractivity contribution in [2.75, 3.05) is 32.6 Å². The Hall–Kier alpha value is -2.60. The van der Waals surface area contributed by atoms with Crippen LogP contribution < -0.4 is 15.4 Å². The Bertz CT molecular complexity index is 785. The molecule has 30 heavy (non-hydrogen) atoms. The molecule has 0 heterocycles. The molecular weight excluding hydrogens is 381 g/mol. The van der Waals surface area contributed by atoms with Crippen molar-refractivity contribution >= 4 is 11.7 Å². The lowest BCUT2D eigenvalue weighted by atomic mass is 9.82. The molecule has 5 nitrogen and oxygen atoms in total. The SMILES string of the molecule is CN(C)CCCOc1ccc(C2CCC(NC(=O)Nc3ccc(F)cc3)CC2)cc1. The number of carbonyl (C=O) groups is 1. The van der Waals surface area contributed by atoms with E-state index in [1.807, 2.05) is 0 Å². The van der Waals surface area contributed by atoms with Crippen LogP contribution >= 0.6 is 0 Å². The first-order valence-electron chi connectivity index (χ1n) is 10.7. The monoisotopic (exact) mass is 413 g/mol. The highest BCUT2D eigenvalue weighted by Crippen LogP contribution is 2.33. The Morgan fingerprint density at radius 1 is 1.03 bits per heavy atom. The molecule has 0 aromatic heterocycles. The van der Waals surface area contributed by atoms with Crippen molar-refractivity contribution in [2.45, 2.75) is 44.1 Å². The summed E-state index contributed by atoms with van der Waals surface area (Å²) in [4.78, 5) is 14.3. The van der Waals surface area contributed by atoms with Gasteiger partial charge in [-0.05, 0) is 94.1 Å². The minimum atomic E-state index is -0.316. The summed E-state index contributed by atoms with van der Waals surface area (Å²) in [6, 6.07) is 14.2. The zero-order valence-electron chi connectivity index (χ0n) is 17.9. The summed E-state index contributed by atoms with van der Waals surface area (Å²) in [5, 5.41) is 5.79. The van der Waals surface area contributed by atoms with E-state index in [2.05, 4.69) is 53.9 Å². The number of carbonyl (C=O) groups excluding carboxylic acids is 1. The number of amides is 2. The summed E-state index contributed by atoms with van der Waals surface area (Å²) in [5.74, 6) is 1.12. The number of benzene rings is 2. The average molecular weight is 414 g/mol. The zero-order valence-corrected chi connectivity index (χ0v) is 17.9. The van der Waals surface area contributed by atoms with Gasteiger partial charge in [-0.15, -0.1) is 0 Å². The number of rotatable bonds is 8. The number of nitrogens with zero attached hydrogens (tertiary/aromatic N) is 1. The van der Waals surface area contributed by atoms with Crippen LogP contribution in [0.2, 0.25) is 0 Å². The fraction of sp³-hybridized carbons (Fsp3) is 0.458. The quantitative estimate of drug-likeness (QED) is 0.599. The number of halogens is 1. The van der Waals surface area contributed by atoms with Gasteiger partial charge in [0.25, 0.3) is 0 Å². The number of nitrogens with one attached hydrogen (secondary N) is 2. The van der Waals surface area contributed by atoms with Gasteiger partial charge in [0.15, 0.2) is 0 Å². The van der Waals surface area contributed by atoms with Crippen molar-refractivity contribution in [2.24, 2.45) is 0 Å². The highest BCUT2D eigenvalue weighted by atomic mass is 19.1. The number of hydrogen-bond acceptors (Lipinski definition) is 3. The van der Waals surface area contributed by atoms with Gasteiger partial charge in [0, 0.05) is 18.3 Å². The number of hydrogen-bond donors (Lipinski definition) is 2. The standard InChI is InChI=1S/C24H32FN3O2/c1-28(2)16-3-17-30-23-14-6-19(7-15-23)18-4-10-21(11-5-18)26-24(29)27-22-12-8-20(25)9-13-22/h6-9,12-15,18,21H,3-5,10-11,16-17H2,1-2H3,(H2,26,27,29). The lowest BCUT2D eigenvalue weighted by Gasteiger charge is -2.29. The maximum absolute atomic E-state index is 13.0. The molecule has 162 valence electrons. The summed E-state index contributed by atoms with van der Waals surface area (Å²) < 4.78 is 18.8. The lowest BCUT2D eigenvalue weighted by Crippen LogP contribution is -2.39. The minimum Gasteiger partial charge on any atom is -0.494 e. The van der Waals surface area contributed by atoms with Crippen LogP contribution in [0, 0.1) is 5.82 Å². The summed E-state index contributed by atoms with van der Waals surface area (Å²) in [6.07, 6.45) is 5.00. The zero-order chi connectivity index (χ0) is 21.3. The molecule has 6 heteroatoms. The molecule has 0 saturated heterocycles. The molecule has 1 fully saturated rings. The van der Waals surface area contributed by atoms with Crippen LogP contribution in [0.5, 0.6) is 5.75 Å². The van der Waals surface area contributed by atoms with Crippen molar-refractivity contribution in [1.29, 1.82) is 0 Å². The molecule has 0 spiro atoms. The van der Waals surface area contributed by atoms with Gasteiger partial charge in [-0.1, -0.05) is 12.1 Å². The van der Waals surface area contributed by atoms with Crippen molar-refractivity contribution in [1.82, 2.24) is 10.2 Å². The Labute approximate surface area is 178 Å². The summed E-state index contributed by atoms with van der Waals surface area (Å²) >= 11 is 0. The van der Waals surface area contributed by atoms with Crippen molar-refractivity contribution in [3.63, 3.8) is 0 Å². The van der Waals surface area contributed by atoms with Crippen molar-refractivity contribution in [3.8, 4) is 5.75 Å². The topological polar surface area (TPSA) is 53.6 Å². The molecule has 1 aliphatic rings. The first kappa shape index (κ1) is 22.1. The number of urea groups is 1. The van der Waals surface area contributed by atoms with Gasteiger partial charge in [-0.25, -0.2) is 9.18 Å². The van der Waals surface area contributed by atoms with Gasteiger partial charge >= 0.3 is 6.03 Å². The Morgan fingerprint density at radius 3 is 2.33 bits per heavy atom. The van der Waals surface area contributed by atoms with E-state index >= 15 is 0 Å². The van der Waals surface area contributed by atoms with E-state index in [1.165, 1.54) is 17.7 Å². The van der Waals surface area contributed by atoms with Crippen molar-refractivity contribution in [3.05, 3.63) is 59.9 Å². The van der Waals surface area contributed by atoms with E-state index in [4.69, 9.17) is 4.74 Å². The third-order valence-electron chi connectivity index (χ3n) is 5.53. The van der Waals surface area contributed by atoms with E-state index in [0.29, 0.717) is 11.6 Å². The van der Waals surface area contributed by atoms with E-state index in [-0.39, 0.29) is 17.9 Å². The molecule has 3 rings (SSSR count). The van der Waals surface area contributed by atoms with E-state index in [0.717, 1.165) is 51.0 Å². The van der Waals surface area contributed by atoms with Gasteiger partial charge in [-0.3, -0.25) is 0 Å². The first-order valence-corrected chi connectivity index (χ1v) is 10.7. The molecule has 2 N–H and O–H groups in total. The van der Waals surface area contributed by atoms with Crippen LogP contribution in [0.4, 0.5) is 14.9 Å². The lowest BCUT2D eigenvalue weighted by molar-refractivity contribution is 0.242. The average Bonchev–Trinajstić information content (AvgIpc) is 2.74. The van der Waals surface area contributed by atoms with Crippen LogP contribution in [0.25, 0.3) is 0 Å². The maximum Gasteiger partial charge on any atom is 0.319 e.